The Morgan fingerprint density at radius 3 is 2.46 bits per heavy atom. The van der Waals surface area contributed by atoms with Gasteiger partial charge in [-0.3, -0.25) is 14.4 Å². The van der Waals surface area contributed by atoms with Crippen LogP contribution in [-0.4, -0.2) is 27.7 Å². The molecule has 208 valence electrons. The van der Waals surface area contributed by atoms with Gasteiger partial charge in [0.15, 0.2) is 0 Å². The summed E-state index contributed by atoms with van der Waals surface area (Å²) in [4.78, 5) is 39.1. The lowest BCUT2D eigenvalue weighted by atomic mass is 10.0. The summed E-state index contributed by atoms with van der Waals surface area (Å²) in [6, 6.07) is 14.9. The highest BCUT2D eigenvalue weighted by atomic mass is 35.5. The Balaban J connectivity index is 1.97. The Hall–Kier alpha value is -3.58. The van der Waals surface area contributed by atoms with Crippen LogP contribution in [0, 0.1) is 6.92 Å². The van der Waals surface area contributed by atoms with E-state index in [0.29, 0.717) is 34.7 Å². The number of aromatic nitrogens is 1. The number of benzene rings is 2. The maximum Gasteiger partial charge on any atom is 0.305 e. The summed E-state index contributed by atoms with van der Waals surface area (Å²) in [5.74, 6) is -1.06. The number of nitrogens with one attached hydrogen (secondary N) is 1. The van der Waals surface area contributed by atoms with Crippen molar-refractivity contribution in [2.45, 2.75) is 78.0 Å². The molecular weight excluding hydrogens is 516 g/mol. The summed E-state index contributed by atoms with van der Waals surface area (Å²) in [6.45, 7) is 7.65. The Bertz CT molecular complexity index is 1340. The van der Waals surface area contributed by atoms with E-state index in [-0.39, 0.29) is 18.1 Å². The van der Waals surface area contributed by atoms with E-state index < -0.39 is 24.0 Å². The van der Waals surface area contributed by atoms with Gasteiger partial charge in [0.05, 0.1) is 23.6 Å². The number of ether oxygens (including phenoxy) is 1. The van der Waals surface area contributed by atoms with E-state index >= 15 is 0 Å². The van der Waals surface area contributed by atoms with E-state index in [1.165, 1.54) is 4.57 Å². The van der Waals surface area contributed by atoms with Crippen LogP contribution in [-0.2, 0) is 16.0 Å². The SMILES string of the molecule is CCCCC(C(=O)N[C@@H](CC(=O)O)c1ccc(Cl)c(OC(C)C)c1)n1cc(C)cc(Cc2ccccc2)c1=O. The van der Waals surface area contributed by atoms with Crippen LogP contribution < -0.4 is 15.6 Å². The van der Waals surface area contributed by atoms with Gasteiger partial charge in [-0.25, -0.2) is 0 Å². The molecule has 1 aromatic heterocycles. The van der Waals surface area contributed by atoms with Gasteiger partial charge in [-0.15, -0.1) is 0 Å². The number of nitrogens with zero attached hydrogens (tertiary/aromatic N) is 1. The van der Waals surface area contributed by atoms with E-state index in [0.717, 1.165) is 24.0 Å². The zero-order valence-electron chi connectivity index (χ0n) is 22.9. The van der Waals surface area contributed by atoms with Crippen LogP contribution in [0.15, 0.2) is 65.6 Å². The van der Waals surface area contributed by atoms with Crippen molar-refractivity contribution >= 4 is 23.5 Å². The highest BCUT2D eigenvalue weighted by Gasteiger charge is 2.27. The normalized spacial score (nSPS) is 12.7. The van der Waals surface area contributed by atoms with Crippen molar-refractivity contribution in [3.05, 3.63) is 98.4 Å². The van der Waals surface area contributed by atoms with Crippen molar-refractivity contribution in [3.63, 3.8) is 0 Å². The van der Waals surface area contributed by atoms with Crippen molar-refractivity contribution in [1.82, 2.24) is 9.88 Å². The molecule has 0 aliphatic carbocycles. The standard InChI is InChI=1S/C31H37ClN2O5/c1-5-6-12-27(34-19-21(4)15-24(31(34)38)16-22-10-8-7-9-11-22)30(37)33-26(18-29(35)36)23-13-14-25(32)28(17-23)39-20(2)3/h7-11,13-15,17,19-20,26-27H,5-6,12,16,18H2,1-4H3,(H,33,37)(H,35,36)/t26-,27?/m0/s1. The molecule has 0 saturated carbocycles. The molecule has 0 fully saturated rings. The van der Waals surface area contributed by atoms with Gasteiger partial charge in [-0.1, -0.05) is 67.8 Å². The lowest BCUT2D eigenvalue weighted by Crippen LogP contribution is -2.40. The van der Waals surface area contributed by atoms with E-state index in [1.54, 1.807) is 24.4 Å². The molecule has 1 unspecified atom stereocenters. The molecule has 39 heavy (non-hydrogen) atoms. The van der Waals surface area contributed by atoms with Crippen molar-refractivity contribution in [2.75, 3.05) is 0 Å². The quantitative estimate of drug-likeness (QED) is 0.261. The average molecular weight is 553 g/mol. The molecule has 0 spiro atoms. The number of aryl methyl sites for hydroxylation is 1. The first kappa shape index (κ1) is 30.0. The smallest absolute Gasteiger partial charge is 0.305 e. The van der Waals surface area contributed by atoms with Crippen LogP contribution >= 0.6 is 11.6 Å². The van der Waals surface area contributed by atoms with E-state index in [2.05, 4.69) is 5.32 Å². The number of unbranched alkanes of at least 4 members (excludes halogenated alkanes) is 1. The minimum Gasteiger partial charge on any atom is -0.489 e. The maximum atomic E-state index is 13.8. The molecule has 2 N–H and O–H groups in total. The second-order valence-electron chi connectivity index (χ2n) is 10.1. The summed E-state index contributed by atoms with van der Waals surface area (Å²) in [5.41, 5.74) is 2.80. The first-order valence-corrected chi connectivity index (χ1v) is 13.7. The number of pyridine rings is 1. The third kappa shape index (κ3) is 8.45. The fourth-order valence-corrected chi connectivity index (χ4v) is 4.72. The molecule has 2 aromatic carbocycles. The van der Waals surface area contributed by atoms with Crippen molar-refractivity contribution in [3.8, 4) is 5.75 Å². The van der Waals surface area contributed by atoms with Gasteiger partial charge >= 0.3 is 5.97 Å². The molecule has 0 saturated heterocycles. The number of carboxylic acid groups (broad SMARTS) is 1. The van der Waals surface area contributed by atoms with Gasteiger partial charge in [0.2, 0.25) is 5.91 Å². The first-order valence-electron chi connectivity index (χ1n) is 13.3. The number of rotatable bonds is 13. The second kappa shape index (κ2) is 14.0. The number of aliphatic carboxylic acids is 1. The van der Waals surface area contributed by atoms with Crippen molar-refractivity contribution in [2.24, 2.45) is 0 Å². The number of hydrogen-bond donors (Lipinski definition) is 2. The van der Waals surface area contributed by atoms with Crippen LogP contribution in [0.1, 0.15) is 80.8 Å². The third-order valence-corrected chi connectivity index (χ3v) is 6.69. The monoisotopic (exact) mass is 552 g/mol. The highest BCUT2D eigenvalue weighted by Crippen LogP contribution is 2.30. The molecule has 3 rings (SSSR count). The number of carbonyl (C=O) groups excluding carboxylic acids is 1. The van der Waals surface area contributed by atoms with Gasteiger partial charge < -0.3 is 19.7 Å². The average Bonchev–Trinajstić information content (AvgIpc) is 2.87. The predicted molar refractivity (Wildman–Crippen MR) is 154 cm³/mol. The number of carbonyl (C=O) groups is 2. The molecule has 0 radical (unpaired) electrons. The van der Waals surface area contributed by atoms with Crippen LogP contribution in [0.4, 0.5) is 0 Å². The molecule has 0 bridgehead atoms. The minimum atomic E-state index is -1.07. The predicted octanol–water partition coefficient (Wildman–Crippen LogP) is 6.25. The number of carboxylic acids is 1. The molecule has 8 heteroatoms. The van der Waals surface area contributed by atoms with Crippen LogP contribution in [0.25, 0.3) is 0 Å². The van der Waals surface area contributed by atoms with Crippen LogP contribution in [0.5, 0.6) is 5.75 Å². The Labute approximate surface area is 234 Å². The molecule has 1 amide bonds. The highest BCUT2D eigenvalue weighted by molar-refractivity contribution is 6.32. The second-order valence-corrected chi connectivity index (χ2v) is 10.5. The molecule has 0 aliphatic heterocycles. The van der Waals surface area contributed by atoms with Gasteiger partial charge in [-0.05, 0) is 62.1 Å². The van der Waals surface area contributed by atoms with Crippen molar-refractivity contribution in [1.29, 1.82) is 0 Å². The summed E-state index contributed by atoms with van der Waals surface area (Å²) in [6.07, 6.45) is 3.70. The first-order chi connectivity index (χ1) is 18.6. The van der Waals surface area contributed by atoms with Gasteiger partial charge in [0, 0.05) is 18.2 Å². The summed E-state index contributed by atoms with van der Waals surface area (Å²) in [7, 11) is 0. The number of halogens is 1. The third-order valence-electron chi connectivity index (χ3n) is 6.38. The Morgan fingerprint density at radius 2 is 1.82 bits per heavy atom. The van der Waals surface area contributed by atoms with Crippen LogP contribution in [0.2, 0.25) is 5.02 Å². The lowest BCUT2D eigenvalue weighted by molar-refractivity contribution is -0.138. The molecule has 2 atom stereocenters. The Kier molecular flexibility index (Phi) is 10.8. The zero-order chi connectivity index (χ0) is 28.5. The molecule has 0 aliphatic rings. The fraction of sp³-hybridized carbons (Fsp3) is 0.387. The summed E-state index contributed by atoms with van der Waals surface area (Å²) in [5, 5.41) is 12.9. The minimum absolute atomic E-state index is 0.137. The molecular formula is C31H37ClN2O5. The van der Waals surface area contributed by atoms with Crippen molar-refractivity contribution < 1.29 is 19.4 Å². The lowest BCUT2D eigenvalue weighted by Gasteiger charge is -2.25. The fourth-order valence-electron chi connectivity index (χ4n) is 4.56. The van der Waals surface area contributed by atoms with Crippen LogP contribution in [0.3, 0.4) is 0 Å². The van der Waals surface area contributed by atoms with E-state index in [4.69, 9.17) is 16.3 Å². The van der Waals surface area contributed by atoms with Gasteiger partial charge in [-0.2, -0.15) is 0 Å². The number of amides is 1. The van der Waals surface area contributed by atoms with E-state index in [9.17, 15) is 19.5 Å². The maximum absolute atomic E-state index is 13.8. The van der Waals surface area contributed by atoms with Gasteiger partial charge in [0.1, 0.15) is 11.8 Å². The number of hydrogen-bond acceptors (Lipinski definition) is 4. The summed E-state index contributed by atoms with van der Waals surface area (Å²) >= 11 is 6.28. The topological polar surface area (TPSA) is 97.6 Å². The summed E-state index contributed by atoms with van der Waals surface area (Å²) < 4.78 is 7.27. The van der Waals surface area contributed by atoms with Gasteiger partial charge in [0.25, 0.3) is 5.56 Å². The molecule has 3 aromatic rings. The van der Waals surface area contributed by atoms with E-state index in [1.807, 2.05) is 64.1 Å². The molecule has 1 heterocycles. The largest absolute Gasteiger partial charge is 0.489 e. The molecule has 7 nitrogen and oxygen atoms in total. The zero-order valence-corrected chi connectivity index (χ0v) is 23.7. The Morgan fingerprint density at radius 1 is 1.10 bits per heavy atom.